The van der Waals surface area contributed by atoms with Crippen LogP contribution in [-0.2, 0) is 22.6 Å². The first kappa shape index (κ1) is 17.1. The third-order valence-corrected chi connectivity index (χ3v) is 3.93. The number of hydrogen-bond donors (Lipinski definition) is 0. The van der Waals surface area contributed by atoms with Gasteiger partial charge in [0.25, 0.3) is 0 Å². The Hall–Kier alpha value is -2.69. The number of benzene rings is 2. The van der Waals surface area contributed by atoms with E-state index < -0.39 is 0 Å². The average Bonchev–Trinajstić information content (AvgIpc) is 2.99. The van der Waals surface area contributed by atoms with Gasteiger partial charge in [-0.2, -0.15) is 0 Å². The Kier molecular flexibility index (Phi) is 5.43. The summed E-state index contributed by atoms with van der Waals surface area (Å²) in [6.45, 7) is 2.59. The van der Waals surface area contributed by atoms with Crippen LogP contribution in [0.4, 0.5) is 4.39 Å². The molecule has 0 aromatic heterocycles. The van der Waals surface area contributed by atoms with Crippen molar-refractivity contribution >= 4 is 11.7 Å². The van der Waals surface area contributed by atoms with Crippen LogP contribution in [0, 0.1) is 5.82 Å². The van der Waals surface area contributed by atoms with Crippen LogP contribution in [0.2, 0.25) is 0 Å². The Balaban J connectivity index is 1.49. The number of ketones is 1. The topological polar surface area (TPSA) is 47.9 Å². The SMILES string of the molecule is CC1=NC(CC(=O)Cc2ccc(OCc3cccc(F)c3)cc2)CO1. The zero-order chi connectivity index (χ0) is 17.6. The van der Waals surface area contributed by atoms with Crippen molar-refractivity contribution < 1.29 is 18.7 Å². The minimum Gasteiger partial charge on any atom is -0.489 e. The van der Waals surface area contributed by atoms with E-state index in [0.29, 0.717) is 37.7 Å². The molecule has 4 nitrogen and oxygen atoms in total. The number of Topliss-reactive ketones (excluding diaryl/α,β-unsaturated/α-hetero) is 1. The van der Waals surface area contributed by atoms with E-state index in [-0.39, 0.29) is 17.6 Å². The maximum absolute atomic E-state index is 13.1. The summed E-state index contributed by atoms with van der Waals surface area (Å²) in [5.74, 6) is 1.20. The molecule has 5 heteroatoms. The summed E-state index contributed by atoms with van der Waals surface area (Å²) >= 11 is 0. The number of rotatable bonds is 7. The largest absolute Gasteiger partial charge is 0.489 e. The van der Waals surface area contributed by atoms with E-state index in [1.54, 1.807) is 13.0 Å². The zero-order valence-electron chi connectivity index (χ0n) is 14.1. The van der Waals surface area contributed by atoms with Gasteiger partial charge in [-0.1, -0.05) is 24.3 Å². The van der Waals surface area contributed by atoms with Crippen molar-refractivity contribution in [3.63, 3.8) is 0 Å². The van der Waals surface area contributed by atoms with Crippen molar-refractivity contribution in [2.45, 2.75) is 32.4 Å². The highest BCUT2D eigenvalue weighted by Gasteiger charge is 2.19. The Morgan fingerprint density at radius 2 is 2.04 bits per heavy atom. The van der Waals surface area contributed by atoms with Crippen molar-refractivity contribution in [3.05, 3.63) is 65.5 Å². The van der Waals surface area contributed by atoms with Gasteiger partial charge in [0.05, 0.1) is 6.04 Å². The average molecular weight is 341 g/mol. The molecule has 0 aliphatic carbocycles. The first-order valence-corrected chi connectivity index (χ1v) is 8.23. The van der Waals surface area contributed by atoms with E-state index >= 15 is 0 Å². The van der Waals surface area contributed by atoms with Crippen molar-refractivity contribution in [1.29, 1.82) is 0 Å². The number of ether oxygens (including phenoxy) is 2. The summed E-state index contributed by atoms with van der Waals surface area (Å²) in [5.41, 5.74) is 1.71. The van der Waals surface area contributed by atoms with E-state index in [0.717, 1.165) is 11.1 Å². The lowest BCUT2D eigenvalue weighted by Gasteiger charge is -2.08. The second-order valence-electron chi connectivity index (χ2n) is 6.10. The standard InChI is InChI=1S/C20H20FNO3/c1-14-22-18(13-24-14)11-19(23)10-15-5-7-20(8-6-15)25-12-16-3-2-4-17(21)9-16/h2-9,18H,10-13H2,1H3. The molecule has 0 radical (unpaired) electrons. The first-order chi connectivity index (χ1) is 12.1. The van der Waals surface area contributed by atoms with Crippen LogP contribution in [0.25, 0.3) is 0 Å². The lowest BCUT2D eigenvalue weighted by Crippen LogP contribution is -2.14. The van der Waals surface area contributed by atoms with Gasteiger partial charge in [-0.05, 0) is 35.4 Å². The minimum atomic E-state index is -0.276. The molecule has 0 saturated heterocycles. The number of carbonyl (C=O) groups excluding carboxylic acids is 1. The van der Waals surface area contributed by atoms with Gasteiger partial charge in [0.1, 0.15) is 30.6 Å². The van der Waals surface area contributed by atoms with E-state index in [1.165, 1.54) is 12.1 Å². The third kappa shape index (κ3) is 5.14. The number of hydrogen-bond acceptors (Lipinski definition) is 4. The fraction of sp³-hybridized carbons (Fsp3) is 0.300. The molecular formula is C20H20FNO3. The lowest BCUT2D eigenvalue weighted by molar-refractivity contribution is -0.118. The molecule has 3 rings (SSSR count). The number of carbonyl (C=O) groups is 1. The molecule has 2 aromatic carbocycles. The van der Waals surface area contributed by atoms with Gasteiger partial charge < -0.3 is 9.47 Å². The molecule has 25 heavy (non-hydrogen) atoms. The van der Waals surface area contributed by atoms with E-state index in [4.69, 9.17) is 9.47 Å². The fourth-order valence-corrected chi connectivity index (χ4v) is 2.71. The van der Waals surface area contributed by atoms with Crippen LogP contribution < -0.4 is 4.74 Å². The molecule has 1 heterocycles. The molecule has 0 N–H and O–H groups in total. The summed E-state index contributed by atoms with van der Waals surface area (Å²) in [5, 5.41) is 0. The number of halogens is 1. The van der Waals surface area contributed by atoms with Crippen LogP contribution in [0.15, 0.2) is 53.5 Å². The molecule has 2 aromatic rings. The number of aliphatic imine (C=N–C) groups is 1. The summed E-state index contributed by atoms with van der Waals surface area (Å²) in [6, 6.07) is 13.7. The Morgan fingerprint density at radius 3 is 2.72 bits per heavy atom. The van der Waals surface area contributed by atoms with Crippen molar-refractivity contribution in [2.24, 2.45) is 4.99 Å². The summed E-state index contributed by atoms with van der Waals surface area (Å²) < 4.78 is 24.0. The molecule has 0 fully saturated rings. The van der Waals surface area contributed by atoms with Crippen LogP contribution >= 0.6 is 0 Å². The maximum Gasteiger partial charge on any atom is 0.180 e. The van der Waals surface area contributed by atoms with E-state index in [1.807, 2.05) is 30.3 Å². The normalized spacial score (nSPS) is 16.2. The highest BCUT2D eigenvalue weighted by Crippen LogP contribution is 2.16. The molecule has 1 unspecified atom stereocenters. The Morgan fingerprint density at radius 1 is 1.24 bits per heavy atom. The molecule has 1 aliphatic rings. The molecule has 0 bridgehead atoms. The highest BCUT2D eigenvalue weighted by molar-refractivity contribution is 5.82. The summed E-state index contributed by atoms with van der Waals surface area (Å²) in [6.07, 6.45) is 0.768. The monoisotopic (exact) mass is 341 g/mol. The molecular weight excluding hydrogens is 321 g/mol. The quantitative estimate of drug-likeness (QED) is 0.771. The second kappa shape index (κ2) is 7.92. The zero-order valence-corrected chi connectivity index (χ0v) is 14.1. The minimum absolute atomic E-state index is 0.0543. The second-order valence-corrected chi connectivity index (χ2v) is 6.10. The van der Waals surface area contributed by atoms with Crippen molar-refractivity contribution in [1.82, 2.24) is 0 Å². The van der Waals surface area contributed by atoms with Gasteiger partial charge in [-0.3, -0.25) is 4.79 Å². The van der Waals surface area contributed by atoms with Crippen LogP contribution in [-0.4, -0.2) is 24.3 Å². The first-order valence-electron chi connectivity index (χ1n) is 8.23. The van der Waals surface area contributed by atoms with Crippen LogP contribution in [0.3, 0.4) is 0 Å². The molecule has 1 aliphatic heterocycles. The van der Waals surface area contributed by atoms with Gasteiger partial charge in [0, 0.05) is 19.8 Å². The lowest BCUT2D eigenvalue weighted by atomic mass is 10.0. The van der Waals surface area contributed by atoms with E-state index in [2.05, 4.69) is 4.99 Å². The molecule has 0 spiro atoms. The smallest absolute Gasteiger partial charge is 0.180 e. The van der Waals surface area contributed by atoms with Crippen molar-refractivity contribution in [3.8, 4) is 5.75 Å². The summed E-state index contributed by atoms with van der Waals surface area (Å²) in [4.78, 5) is 16.4. The number of nitrogens with zero attached hydrogens (tertiary/aromatic N) is 1. The fourth-order valence-electron chi connectivity index (χ4n) is 2.71. The van der Waals surface area contributed by atoms with Gasteiger partial charge in [-0.25, -0.2) is 9.38 Å². The molecule has 1 atom stereocenters. The molecule has 0 amide bonds. The predicted octanol–water partition coefficient (Wildman–Crippen LogP) is 3.72. The Bertz CT molecular complexity index is 771. The van der Waals surface area contributed by atoms with Crippen LogP contribution in [0.1, 0.15) is 24.5 Å². The van der Waals surface area contributed by atoms with E-state index in [9.17, 15) is 9.18 Å². The van der Waals surface area contributed by atoms with Crippen LogP contribution in [0.5, 0.6) is 5.75 Å². The van der Waals surface area contributed by atoms with Gasteiger partial charge >= 0.3 is 0 Å². The molecule has 0 saturated carbocycles. The Labute approximate surface area is 146 Å². The molecule has 130 valence electrons. The van der Waals surface area contributed by atoms with Gasteiger partial charge in [0.2, 0.25) is 0 Å². The predicted molar refractivity (Wildman–Crippen MR) is 93.4 cm³/mol. The summed E-state index contributed by atoms with van der Waals surface area (Å²) in [7, 11) is 0. The van der Waals surface area contributed by atoms with Gasteiger partial charge in [0.15, 0.2) is 5.90 Å². The third-order valence-electron chi connectivity index (χ3n) is 3.93. The van der Waals surface area contributed by atoms with Gasteiger partial charge in [-0.15, -0.1) is 0 Å². The van der Waals surface area contributed by atoms with Crippen molar-refractivity contribution in [2.75, 3.05) is 6.61 Å². The maximum atomic E-state index is 13.1. The highest BCUT2D eigenvalue weighted by atomic mass is 19.1.